The van der Waals surface area contributed by atoms with E-state index in [-0.39, 0.29) is 0 Å². The van der Waals surface area contributed by atoms with E-state index >= 15 is 0 Å². The summed E-state index contributed by atoms with van der Waals surface area (Å²) in [5.74, 6) is 0. The van der Waals surface area contributed by atoms with E-state index in [4.69, 9.17) is 0 Å². The van der Waals surface area contributed by atoms with Crippen LogP contribution in [0.2, 0.25) is 0 Å². The molecule has 0 unspecified atom stereocenters. The van der Waals surface area contributed by atoms with E-state index in [1.165, 1.54) is 35.3 Å². The average Bonchev–Trinajstić information content (AvgIpc) is 2.82. The van der Waals surface area contributed by atoms with Gasteiger partial charge >= 0.3 is 0 Å². The van der Waals surface area contributed by atoms with Crippen molar-refractivity contribution in [3.8, 4) is 0 Å². The van der Waals surface area contributed by atoms with E-state index < -0.39 is 20.0 Å². The van der Waals surface area contributed by atoms with Crippen LogP contribution in [0.15, 0.2) is 126 Å². The van der Waals surface area contributed by atoms with Gasteiger partial charge in [-0.2, -0.15) is 0 Å². The maximum Gasteiger partial charge on any atom is 0.229 e. The van der Waals surface area contributed by atoms with Crippen molar-refractivity contribution in [2.75, 3.05) is 22.0 Å². The first-order valence-corrected chi connectivity index (χ1v) is 17.1. The third-order valence-electron chi connectivity index (χ3n) is 4.67. The first-order chi connectivity index (χ1) is 17.5. The molecule has 4 rings (SSSR count). The van der Waals surface area contributed by atoms with Crippen molar-refractivity contribution in [2.45, 2.75) is 29.4 Å². The second-order valence-corrected chi connectivity index (χ2v) is 14.9. The lowest BCUT2D eigenvalue weighted by Crippen LogP contribution is -2.10. The lowest BCUT2D eigenvalue weighted by molar-refractivity contribution is 0.605. The van der Waals surface area contributed by atoms with Gasteiger partial charge in [0.05, 0.1) is 23.9 Å². The third kappa shape index (κ3) is 8.75. The second kappa shape index (κ2) is 11.9. The Morgan fingerprint density at radius 3 is 1.22 bits per heavy atom. The Hall–Kier alpha value is -2.57. The number of nitrogens with one attached hydrogen (secondary N) is 2. The van der Waals surface area contributed by atoms with Gasteiger partial charge in [0, 0.05) is 29.4 Å². The van der Waals surface area contributed by atoms with E-state index in [1.54, 1.807) is 12.1 Å². The Morgan fingerprint density at radius 1 is 0.486 bits per heavy atom. The third-order valence-corrected chi connectivity index (χ3v) is 9.00. The molecule has 11 heteroatoms. The molecule has 37 heavy (non-hydrogen) atoms. The van der Waals surface area contributed by atoms with Crippen LogP contribution < -0.4 is 9.44 Å². The van der Waals surface area contributed by atoms with Crippen molar-refractivity contribution in [1.82, 2.24) is 0 Å². The Bertz CT molecular complexity index is 1470. The minimum Gasteiger partial charge on any atom is -0.283 e. The largest absolute Gasteiger partial charge is 0.283 e. The van der Waals surface area contributed by atoms with Crippen LogP contribution in [0.3, 0.4) is 0 Å². The van der Waals surface area contributed by atoms with Crippen molar-refractivity contribution in [3.05, 3.63) is 97.1 Å². The van der Waals surface area contributed by atoms with Gasteiger partial charge in [-0.25, -0.2) is 16.8 Å². The molecule has 0 radical (unpaired) electrons. The molecule has 0 saturated carbocycles. The molecule has 0 amide bonds. The van der Waals surface area contributed by atoms with E-state index in [1.807, 2.05) is 84.9 Å². The summed E-state index contributed by atoms with van der Waals surface area (Å²) < 4.78 is 53.4. The van der Waals surface area contributed by atoms with Crippen molar-refractivity contribution in [3.63, 3.8) is 0 Å². The van der Waals surface area contributed by atoms with E-state index in [0.717, 1.165) is 41.9 Å². The number of hydrogen-bond donors (Lipinski definition) is 2. The summed E-state index contributed by atoms with van der Waals surface area (Å²) in [6.07, 6.45) is 2.24. The van der Waals surface area contributed by atoms with Crippen LogP contribution in [0.5, 0.6) is 0 Å². The minimum absolute atomic E-state index is 0.479. The molecule has 0 aliphatic rings. The van der Waals surface area contributed by atoms with Crippen molar-refractivity contribution in [1.29, 1.82) is 0 Å². The lowest BCUT2D eigenvalue weighted by atomic mass is 10.3. The molecule has 0 aromatic heterocycles. The van der Waals surface area contributed by atoms with Crippen molar-refractivity contribution < 1.29 is 16.8 Å². The summed E-state index contributed by atoms with van der Waals surface area (Å²) in [7, 11) is -6.99. The molecular weight excluding hydrogens is 565 g/mol. The highest BCUT2D eigenvalue weighted by Crippen LogP contribution is 2.41. The normalized spacial score (nSPS) is 11.7. The Morgan fingerprint density at radius 2 is 0.865 bits per heavy atom. The molecule has 0 heterocycles. The molecular formula is C26H24N2O4S5. The van der Waals surface area contributed by atoms with Gasteiger partial charge in [0.1, 0.15) is 0 Å². The fraction of sp³-hybridized carbons (Fsp3) is 0.0769. The molecule has 0 atom stereocenters. The number of anilines is 2. The van der Waals surface area contributed by atoms with Crippen LogP contribution >= 0.6 is 35.3 Å². The number of hydrogen-bond acceptors (Lipinski definition) is 7. The SMILES string of the molecule is CS(=O)(=O)Nc1cc(Sc2ccc(Sc3ccccc3)c(NS(C)(=O)=O)c2)ccc1Sc1ccccc1. The van der Waals surface area contributed by atoms with Crippen LogP contribution in [-0.4, -0.2) is 29.3 Å². The summed E-state index contributed by atoms with van der Waals surface area (Å²) in [6.45, 7) is 0. The summed E-state index contributed by atoms with van der Waals surface area (Å²) in [5, 5.41) is 0. The predicted octanol–water partition coefficient (Wildman–Crippen LogP) is 6.88. The highest BCUT2D eigenvalue weighted by Gasteiger charge is 2.14. The maximum absolute atomic E-state index is 12.0. The number of sulfonamides is 2. The standard InChI is InChI=1S/C26H24N2O4S5/c1-36(29,30)27-23-17-21(13-15-25(23)34-19-9-5-3-6-10-19)33-22-14-16-26(24(18-22)28-37(2,31)32)35-20-11-7-4-8-12-20/h3-18,27-28H,1-2H3. The number of rotatable bonds is 10. The second-order valence-electron chi connectivity index (χ2n) is 8.00. The summed E-state index contributed by atoms with van der Waals surface area (Å²) in [4.78, 5) is 5.13. The first kappa shape index (κ1) is 27.5. The van der Waals surface area contributed by atoms with Gasteiger partial charge < -0.3 is 0 Å². The minimum atomic E-state index is -3.50. The summed E-state index contributed by atoms with van der Waals surface area (Å²) in [6, 6.07) is 30.6. The quantitative estimate of drug-likeness (QED) is 0.209. The van der Waals surface area contributed by atoms with E-state index in [2.05, 4.69) is 9.44 Å². The fourth-order valence-corrected chi connectivity index (χ4v) is 7.22. The topological polar surface area (TPSA) is 92.3 Å². The molecule has 0 aliphatic carbocycles. The molecule has 0 aliphatic heterocycles. The Balaban J connectivity index is 1.64. The maximum atomic E-state index is 12.0. The lowest BCUT2D eigenvalue weighted by Gasteiger charge is -2.14. The van der Waals surface area contributed by atoms with Crippen LogP contribution in [0, 0.1) is 0 Å². The van der Waals surface area contributed by atoms with Crippen LogP contribution in [0.4, 0.5) is 11.4 Å². The molecule has 0 spiro atoms. The summed E-state index contributed by atoms with van der Waals surface area (Å²) >= 11 is 4.34. The first-order valence-electron chi connectivity index (χ1n) is 10.9. The van der Waals surface area contributed by atoms with Gasteiger partial charge in [-0.1, -0.05) is 71.7 Å². The van der Waals surface area contributed by atoms with Crippen molar-refractivity contribution >= 4 is 66.7 Å². The van der Waals surface area contributed by atoms with Crippen molar-refractivity contribution in [2.24, 2.45) is 0 Å². The van der Waals surface area contributed by atoms with Crippen LogP contribution in [0.1, 0.15) is 0 Å². The van der Waals surface area contributed by atoms with Crippen LogP contribution in [-0.2, 0) is 20.0 Å². The van der Waals surface area contributed by atoms with Gasteiger partial charge in [-0.15, -0.1) is 0 Å². The summed E-state index contributed by atoms with van der Waals surface area (Å²) in [5.41, 5.74) is 0.958. The molecule has 0 bridgehead atoms. The molecule has 192 valence electrons. The highest BCUT2D eigenvalue weighted by molar-refractivity contribution is 8.00. The van der Waals surface area contributed by atoms with Gasteiger partial charge in [-0.05, 0) is 60.7 Å². The van der Waals surface area contributed by atoms with Crippen LogP contribution in [0.25, 0.3) is 0 Å². The zero-order valence-electron chi connectivity index (χ0n) is 19.9. The Labute approximate surface area is 230 Å². The predicted molar refractivity (Wildman–Crippen MR) is 155 cm³/mol. The molecule has 4 aromatic rings. The molecule has 4 aromatic carbocycles. The molecule has 0 saturated heterocycles. The van der Waals surface area contributed by atoms with Gasteiger partial charge in [0.25, 0.3) is 0 Å². The zero-order chi connectivity index (χ0) is 26.5. The molecule has 6 nitrogen and oxygen atoms in total. The van der Waals surface area contributed by atoms with Gasteiger partial charge in [0.2, 0.25) is 20.0 Å². The van der Waals surface area contributed by atoms with Gasteiger partial charge in [0.15, 0.2) is 0 Å². The molecule has 2 N–H and O–H groups in total. The zero-order valence-corrected chi connectivity index (χ0v) is 24.0. The average molecular weight is 589 g/mol. The monoisotopic (exact) mass is 588 g/mol. The van der Waals surface area contributed by atoms with E-state index in [9.17, 15) is 16.8 Å². The Kier molecular flexibility index (Phi) is 8.81. The molecule has 0 fully saturated rings. The van der Waals surface area contributed by atoms with E-state index in [0.29, 0.717) is 11.4 Å². The number of benzene rings is 4. The van der Waals surface area contributed by atoms with Gasteiger partial charge in [-0.3, -0.25) is 9.44 Å². The smallest absolute Gasteiger partial charge is 0.229 e. The fourth-order valence-electron chi connectivity index (χ4n) is 3.25. The highest BCUT2D eigenvalue weighted by atomic mass is 32.2.